The molecule has 0 bridgehead atoms. The predicted octanol–water partition coefficient (Wildman–Crippen LogP) is 3.62. The van der Waals surface area contributed by atoms with Gasteiger partial charge < -0.3 is 15.1 Å². The van der Waals surface area contributed by atoms with Crippen LogP contribution in [0.1, 0.15) is 0 Å². The third-order valence-corrected chi connectivity index (χ3v) is 7.24. The van der Waals surface area contributed by atoms with E-state index in [2.05, 4.69) is 45.5 Å². The second kappa shape index (κ2) is 9.44. The van der Waals surface area contributed by atoms with Crippen LogP contribution in [0.5, 0.6) is 0 Å². The van der Waals surface area contributed by atoms with E-state index in [0.29, 0.717) is 5.95 Å². The molecule has 9 heteroatoms. The average Bonchev–Trinajstić information content (AvgIpc) is 3.27. The molecule has 0 saturated carbocycles. The third-order valence-electron chi connectivity index (χ3n) is 6.26. The monoisotopic (exact) mass is 475 g/mol. The summed E-state index contributed by atoms with van der Waals surface area (Å²) in [6, 6.07) is 20.4. The molecule has 1 unspecified atom stereocenters. The highest BCUT2D eigenvalue weighted by atomic mass is 32.2. The van der Waals surface area contributed by atoms with Gasteiger partial charge in [-0.25, -0.2) is 8.72 Å². The van der Waals surface area contributed by atoms with Gasteiger partial charge in [0, 0.05) is 68.3 Å². The maximum absolute atomic E-state index is 11.8. The SMILES string of the molecule is CN1CCN(c2cccc(Nc3nc4c(-c5ccc(N(C)S(C)=O)cc5)cccn4n3)c2)CC1. The number of aromatic nitrogens is 3. The van der Waals surface area contributed by atoms with Gasteiger partial charge in [0.05, 0.1) is 0 Å². The highest BCUT2D eigenvalue weighted by molar-refractivity contribution is 7.85. The Bertz CT molecular complexity index is 1310. The molecule has 34 heavy (non-hydrogen) atoms. The van der Waals surface area contributed by atoms with Gasteiger partial charge in [-0.05, 0) is 55.1 Å². The van der Waals surface area contributed by atoms with Crippen LogP contribution in [-0.2, 0) is 11.0 Å². The van der Waals surface area contributed by atoms with Crippen molar-refractivity contribution in [2.75, 3.05) is 61.1 Å². The van der Waals surface area contributed by atoms with E-state index in [-0.39, 0.29) is 0 Å². The molecule has 5 rings (SSSR count). The Morgan fingerprint density at radius 3 is 2.50 bits per heavy atom. The first-order valence-electron chi connectivity index (χ1n) is 11.3. The third kappa shape index (κ3) is 4.62. The van der Waals surface area contributed by atoms with E-state index < -0.39 is 11.0 Å². The number of benzene rings is 2. The number of nitrogens with zero attached hydrogens (tertiary/aromatic N) is 6. The van der Waals surface area contributed by atoms with E-state index in [1.165, 1.54) is 5.69 Å². The maximum Gasteiger partial charge on any atom is 0.247 e. The Morgan fingerprint density at radius 2 is 1.76 bits per heavy atom. The van der Waals surface area contributed by atoms with Crippen LogP contribution in [0.25, 0.3) is 16.8 Å². The topological polar surface area (TPSA) is 69.0 Å². The van der Waals surface area contributed by atoms with Gasteiger partial charge in [0.2, 0.25) is 5.95 Å². The lowest BCUT2D eigenvalue weighted by molar-refractivity contribution is 0.313. The number of hydrogen-bond donors (Lipinski definition) is 1. The Labute approximate surface area is 202 Å². The van der Waals surface area contributed by atoms with Crippen molar-refractivity contribution in [3.05, 3.63) is 66.9 Å². The van der Waals surface area contributed by atoms with Gasteiger partial charge in [-0.2, -0.15) is 4.98 Å². The van der Waals surface area contributed by atoms with Crippen molar-refractivity contribution in [3.63, 3.8) is 0 Å². The molecule has 1 atom stereocenters. The summed E-state index contributed by atoms with van der Waals surface area (Å²) in [6.45, 7) is 4.20. The van der Waals surface area contributed by atoms with Crippen LogP contribution >= 0.6 is 0 Å². The van der Waals surface area contributed by atoms with Crippen LogP contribution < -0.4 is 14.5 Å². The van der Waals surface area contributed by atoms with Crippen molar-refractivity contribution >= 4 is 39.6 Å². The number of fused-ring (bicyclic) bond motifs is 1. The normalized spacial score (nSPS) is 15.4. The van der Waals surface area contributed by atoms with E-state index in [4.69, 9.17) is 4.98 Å². The van der Waals surface area contributed by atoms with Gasteiger partial charge in [-0.1, -0.05) is 18.2 Å². The first-order chi connectivity index (χ1) is 16.5. The number of anilines is 4. The Morgan fingerprint density at radius 1 is 1.00 bits per heavy atom. The fourth-order valence-electron chi connectivity index (χ4n) is 4.16. The van der Waals surface area contributed by atoms with E-state index in [9.17, 15) is 4.21 Å². The summed E-state index contributed by atoms with van der Waals surface area (Å²) in [5, 5.41) is 8.02. The fourth-order valence-corrected chi connectivity index (χ4v) is 4.58. The maximum atomic E-state index is 11.8. The highest BCUT2D eigenvalue weighted by Crippen LogP contribution is 2.28. The molecular formula is C25H29N7OS. The largest absolute Gasteiger partial charge is 0.369 e. The Balaban J connectivity index is 1.39. The average molecular weight is 476 g/mol. The standard InChI is InChI=1S/C25H29N7OS/c1-29-14-16-31(17-15-29)22-7-4-6-20(18-22)26-25-27-24-23(8-5-13-32(24)28-25)19-9-11-21(12-10-19)30(2)34(3)33/h4-13,18H,14-17H2,1-3H3,(H,26,28). The van der Waals surface area contributed by atoms with E-state index in [1.807, 2.05) is 55.7 Å². The lowest BCUT2D eigenvalue weighted by Gasteiger charge is -2.34. The van der Waals surface area contributed by atoms with E-state index >= 15 is 0 Å². The van der Waals surface area contributed by atoms with Gasteiger partial charge in [-0.15, -0.1) is 5.10 Å². The summed E-state index contributed by atoms with van der Waals surface area (Å²) >= 11 is 0. The molecule has 0 aliphatic carbocycles. The first-order valence-corrected chi connectivity index (χ1v) is 12.8. The summed E-state index contributed by atoms with van der Waals surface area (Å²) in [5.74, 6) is 0.556. The molecular weight excluding hydrogens is 446 g/mol. The van der Waals surface area contributed by atoms with Crippen molar-refractivity contribution < 1.29 is 4.21 Å². The van der Waals surface area contributed by atoms with Gasteiger partial charge in [0.15, 0.2) is 5.65 Å². The zero-order valence-electron chi connectivity index (χ0n) is 19.7. The molecule has 2 aromatic carbocycles. The van der Waals surface area contributed by atoms with Gasteiger partial charge in [0.25, 0.3) is 0 Å². The smallest absolute Gasteiger partial charge is 0.247 e. The molecule has 0 amide bonds. The van der Waals surface area contributed by atoms with Crippen LogP contribution in [0.4, 0.5) is 23.0 Å². The molecule has 0 spiro atoms. The number of hydrogen-bond acceptors (Lipinski definition) is 6. The number of nitrogens with one attached hydrogen (secondary N) is 1. The Kier molecular flexibility index (Phi) is 6.21. The number of rotatable bonds is 6. The van der Waals surface area contributed by atoms with Crippen molar-refractivity contribution in [2.45, 2.75) is 0 Å². The predicted molar refractivity (Wildman–Crippen MR) is 140 cm³/mol. The fraction of sp³-hybridized carbons (Fsp3) is 0.280. The van der Waals surface area contributed by atoms with Crippen LogP contribution in [0.15, 0.2) is 66.9 Å². The molecule has 176 valence electrons. The van der Waals surface area contributed by atoms with Crippen LogP contribution in [0, 0.1) is 0 Å². The molecule has 1 aliphatic heterocycles. The van der Waals surface area contributed by atoms with Crippen molar-refractivity contribution in [1.82, 2.24) is 19.5 Å². The van der Waals surface area contributed by atoms with Crippen molar-refractivity contribution in [2.24, 2.45) is 0 Å². The molecule has 0 radical (unpaired) electrons. The minimum atomic E-state index is -1.06. The zero-order chi connectivity index (χ0) is 23.7. The van der Waals surface area contributed by atoms with Gasteiger partial charge in [-0.3, -0.25) is 4.31 Å². The molecule has 1 aliphatic rings. The quantitative estimate of drug-likeness (QED) is 0.459. The Hall–Kier alpha value is -3.43. The zero-order valence-corrected chi connectivity index (χ0v) is 20.5. The van der Waals surface area contributed by atoms with E-state index in [0.717, 1.165) is 54.3 Å². The van der Waals surface area contributed by atoms with Crippen molar-refractivity contribution in [1.29, 1.82) is 0 Å². The number of likely N-dealkylation sites (N-methyl/N-ethyl adjacent to an activating group) is 1. The first kappa shape index (κ1) is 22.4. The summed E-state index contributed by atoms with van der Waals surface area (Å²) in [7, 11) is 2.92. The summed E-state index contributed by atoms with van der Waals surface area (Å²) in [6.07, 6.45) is 3.57. The van der Waals surface area contributed by atoms with Crippen LogP contribution in [-0.4, -0.2) is 70.2 Å². The van der Waals surface area contributed by atoms with Gasteiger partial charge in [0.1, 0.15) is 11.0 Å². The van der Waals surface area contributed by atoms with Crippen molar-refractivity contribution in [3.8, 4) is 11.1 Å². The molecule has 1 saturated heterocycles. The minimum Gasteiger partial charge on any atom is -0.369 e. The summed E-state index contributed by atoms with van der Waals surface area (Å²) < 4.78 is 15.3. The minimum absolute atomic E-state index is 0.556. The summed E-state index contributed by atoms with van der Waals surface area (Å²) in [4.78, 5) is 9.55. The molecule has 1 fully saturated rings. The lowest BCUT2D eigenvalue weighted by Crippen LogP contribution is -2.44. The van der Waals surface area contributed by atoms with Crippen LogP contribution in [0.2, 0.25) is 0 Å². The van der Waals surface area contributed by atoms with Crippen LogP contribution in [0.3, 0.4) is 0 Å². The molecule has 4 aromatic rings. The molecule has 2 aromatic heterocycles. The second-order valence-corrected chi connectivity index (χ2v) is 9.95. The lowest BCUT2D eigenvalue weighted by atomic mass is 10.1. The number of pyridine rings is 1. The molecule has 1 N–H and O–H groups in total. The van der Waals surface area contributed by atoms with Gasteiger partial charge >= 0.3 is 0 Å². The molecule has 8 nitrogen and oxygen atoms in total. The number of piperazine rings is 1. The summed E-state index contributed by atoms with van der Waals surface area (Å²) in [5.41, 5.74) is 5.87. The second-order valence-electron chi connectivity index (χ2n) is 8.56. The van der Waals surface area contributed by atoms with E-state index in [1.54, 1.807) is 15.1 Å². The molecule has 3 heterocycles. The highest BCUT2D eigenvalue weighted by Gasteiger charge is 2.15.